The summed E-state index contributed by atoms with van der Waals surface area (Å²) in [4.78, 5) is 41.3. The Labute approximate surface area is 174 Å². The maximum absolute atomic E-state index is 13.2. The summed E-state index contributed by atoms with van der Waals surface area (Å²) in [7, 11) is 4.73. The number of aromatic nitrogens is 1. The van der Waals surface area contributed by atoms with E-state index in [1.165, 1.54) is 21.5 Å². The predicted molar refractivity (Wildman–Crippen MR) is 111 cm³/mol. The van der Waals surface area contributed by atoms with Gasteiger partial charge in [0.05, 0.1) is 6.61 Å². The minimum atomic E-state index is -0.799. The van der Waals surface area contributed by atoms with Crippen LogP contribution in [0.4, 0.5) is 5.69 Å². The van der Waals surface area contributed by atoms with E-state index in [0.717, 1.165) is 5.56 Å². The lowest BCUT2D eigenvalue weighted by Crippen LogP contribution is -2.41. The Morgan fingerprint density at radius 3 is 2.55 bits per heavy atom. The fraction of sp³-hybridized carbons (Fsp3) is 0.381. The van der Waals surface area contributed by atoms with E-state index in [1.54, 1.807) is 44.6 Å². The molecule has 1 saturated heterocycles. The topological polar surface area (TPSA) is 71.8 Å². The third-order valence-corrected chi connectivity index (χ3v) is 5.35. The lowest BCUT2D eigenvalue weighted by molar-refractivity contribution is -0.133. The van der Waals surface area contributed by atoms with Crippen LogP contribution in [0.25, 0.3) is 0 Å². The fourth-order valence-electron chi connectivity index (χ4n) is 3.57. The van der Waals surface area contributed by atoms with Crippen molar-refractivity contribution in [2.45, 2.75) is 18.4 Å². The molecule has 0 spiro atoms. The molecule has 2 aromatic rings. The summed E-state index contributed by atoms with van der Waals surface area (Å²) < 4.78 is 6.49. The smallest absolute Gasteiger partial charge is 0.275 e. The standard InChI is InChI=1S/C21H24ClN3O4/c1-23(2)20(27)18(13-29-3)24-10-4-5-17(21(24)28)25-12-15(11-19(25)26)14-6-8-16(22)9-7-14/h4-10,15,18H,11-13H2,1-3H3/t15-,18?/m0/s1. The second-order valence-corrected chi connectivity index (χ2v) is 7.70. The molecule has 0 saturated carbocycles. The van der Waals surface area contributed by atoms with Crippen molar-refractivity contribution in [3.63, 3.8) is 0 Å². The molecule has 0 radical (unpaired) electrons. The number of benzene rings is 1. The summed E-state index contributed by atoms with van der Waals surface area (Å²) >= 11 is 5.95. The van der Waals surface area contributed by atoms with Crippen molar-refractivity contribution in [2.75, 3.05) is 39.3 Å². The highest BCUT2D eigenvalue weighted by molar-refractivity contribution is 6.30. The maximum Gasteiger partial charge on any atom is 0.275 e. The van der Waals surface area contributed by atoms with Crippen LogP contribution in [0.5, 0.6) is 0 Å². The number of rotatable bonds is 6. The number of carbonyl (C=O) groups is 2. The number of hydrogen-bond donors (Lipinski definition) is 0. The zero-order chi connectivity index (χ0) is 21.1. The van der Waals surface area contributed by atoms with Crippen molar-refractivity contribution in [3.8, 4) is 0 Å². The minimum Gasteiger partial charge on any atom is -0.382 e. The van der Waals surface area contributed by atoms with Crippen molar-refractivity contribution < 1.29 is 14.3 Å². The van der Waals surface area contributed by atoms with Gasteiger partial charge in [0.25, 0.3) is 5.56 Å². The average Bonchev–Trinajstić information content (AvgIpc) is 3.08. The Morgan fingerprint density at radius 2 is 1.93 bits per heavy atom. The molecule has 7 nitrogen and oxygen atoms in total. The first-order valence-electron chi connectivity index (χ1n) is 9.30. The Hall–Kier alpha value is -2.64. The summed E-state index contributed by atoms with van der Waals surface area (Å²) in [5.41, 5.74) is 0.873. The molecule has 1 aliphatic heterocycles. The average molecular weight is 418 g/mol. The summed E-state index contributed by atoms with van der Waals surface area (Å²) in [6.07, 6.45) is 1.86. The van der Waals surface area contributed by atoms with Crippen molar-refractivity contribution in [1.82, 2.24) is 9.47 Å². The zero-order valence-electron chi connectivity index (χ0n) is 16.7. The molecule has 29 heavy (non-hydrogen) atoms. The number of likely N-dealkylation sites (N-methyl/N-ethyl adjacent to an activating group) is 1. The van der Waals surface area contributed by atoms with E-state index in [9.17, 15) is 14.4 Å². The predicted octanol–water partition coefficient (Wildman–Crippen LogP) is 2.30. The highest BCUT2D eigenvalue weighted by atomic mass is 35.5. The van der Waals surface area contributed by atoms with E-state index >= 15 is 0 Å². The van der Waals surface area contributed by atoms with E-state index in [2.05, 4.69) is 0 Å². The first kappa shape index (κ1) is 21.1. The monoisotopic (exact) mass is 417 g/mol. The Balaban J connectivity index is 1.92. The summed E-state index contributed by atoms with van der Waals surface area (Å²) in [6.45, 7) is 0.456. The van der Waals surface area contributed by atoms with Crippen LogP contribution in [0.1, 0.15) is 23.9 Å². The van der Waals surface area contributed by atoms with Gasteiger partial charge < -0.3 is 14.5 Å². The van der Waals surface area contributed by atoms with Crippen molar-refractivity contribution in [3.05, 3.63) is 63.5 Å². The van der Waals surface area contributed by atoms with E-state index < -0.39 is 11.6 Å². The molecular weight excluding hydrogens is 394 g/mol. The SMILES string of the molecule is COCC(C(=O)N(C)C)n1cccc(N2C[C@@H](c3ccc(Cl)cc3)CC2=O)c1=O. The summed E-state index contributed by atoms with van der Waals surface area (Å²) in [5, 5.41) is 0.635. The van der Waals surface area contributed by atoms with Crippen molar-refractivity contribution >= 4 is 29.1 Å². The second kappa shape index (κ2) is 8.80. The number of nitrogens with zero attached hydrogens (tertiary/aromatic N) is 3. The summed E-state index contributed by atoms with van der Waals surface area (Å²) in [6, 6.07) is 9.88. The first-order chi connectivity index (χ1) is 13.8. The number of hydrogen-bond acceptors (Lipinski definition) is 4. The van der Waals surface area contributed by atoms with Crippen LogP contribution in [0, 0.1) is 0 Å². The van der Waals surface area contributed by atoms with Crippen LogP contribution in [-0.2, 0) is 14.3 Å². The molecule has 2 atom stereocenters. The second-order valence-electron chi connectivity index (χ2n) is 7.27. The molecule has 1 aromatic carbocycles. The van der Waals surface area contributed by atoms with Gasteiger partial charge in [0, 0.05) is 51.3 Å². The molecule has 1 aliphatic rings. The van der Waals surface area contributed by atoms with Gasteiger partial charge in [0.2, 0.25) is 11.8 Å². The van der Waals surface area contributed by atoms with Crippen LogP contribution >= 0.6 is 11.6 Å². The van der Waals surface area contributed by atoms with Crippen molar-refractivity contribution in [1.29, 1.82) is 0 Å². The number of halogens is 1. The van der Waals surface area contributed by atoms with Crippen LogP contribution in [0.15, 0.2) is 47.4 Å². The van der Waals surface area contributed by atoms with Gasteiger partial charge in [-0.2, -0.15) is 0 Å². The lowest BCUT2D eigenvalue weighted by Gasteiger charge is -2.24. The van der Waals surface area contributed by atoms with Gasteiger partial charge in [-0.25, -0.2) is 0 Å². The molecule has 2 amide bonds. The minimum absolute atomic E-state index is 0.0222. The van der Waals surface area contributed by atoms with E-state index in [0.29, 0.717) is 18.0 Å². The van der Waals surface area contributed by atoms with Crippen LogP contribution < -0.4 is 10.5 Å². The van der Waals surface area contributed by atoms with E-state index in [4.69, 9.17) is 16.3 Å². The molecule has 1 aromatic heterocycles. The molecule has 0 N–H and O–H groups in total. The van der Waals surface area contributed by atoms with E-state index in [1.807, 2.05) is 12.1 Å². The first-order valence-corrected chi connectivity index (χ1v) is 9.68. The lowest BCUT2D eigenvalue weighted by atomic mass is 9.98. The number of carbonyl (C=O) groups excluding carboxylic acids is 2. The molecule has 1 unspecified atom stereocenters. The third kappa shape index (κ3) is 4.36. The van der Waals surface area contributed by atoms with Crippen molar-refractivity contribution in [2.24, 2.45) is 0 Å². The highest BCUT2D eigenvalue weighted by Crippen LogP contribution is 2.31. The number of ether oxygens (including phenoxy) is 1. The van der Waals surface area contributed by atoms with Gasteiger partial charge in [-0.1, -0.05) is 23.7 Å². The molecular formula is C21H24ClN3O4. The number of anilines is 1. The Morgan fingerprint density at radius 1 is 1.24 bits per heavy atom. The number of pyridine rings is 1. The van der Waals surface area contributed by atoms with Gasteiger partial charge in [0.1, 0.15) is 11.7 Å². The molecule has 0 bridgehead atoms. The Bertz CT molecular complexity index is 955. The quantitative estimate of drug-likeness (QED) is 0.723. The van der Waals surface area contributed by atoms with Gasteiger partial charge in [-0.3, -0.25) is 19.0 Å². The third-order valence-electron chi connectivity index (χ3n) is 5.10. The Kier molecular flexibility index (Phi) is 6.39. The molecule has 3 rings (SSSR count). The zero-order valence-corrected chi connectivity index (χ0v) is 17.4. The highest BCUT2D eigenvalue weighted by Gasteiger charge is 2.34. The van der Waals surface area contributed by atoms with Crippen LogP contribution in [-0.4, -0.2) is 55.6 Å². The summed E-state index contributed by atoms with van der Waals surface area (Å²) in [5.74, 6) is -0.397. The fourth-order valence-corrected chi connectivity index (χ4v) is 3.70. The van der Waals surface area contributed by atoms with E-state index in [-0.39, 0.29) is 30.0 Å². The molecule has 2 heterocycles. The molecule has 154 valence electrons. The molecule has 0 aliphatic carbocycles. The molecule has 8 heteroatoms. The largest absolute Gasteiger partial charge is 0.382 e. The number of methoxy groups -OCH3 is 1. The van der Waals surface area contributed by atoms with Gasteiger partial charge in [-0.15, -0.1) is 0 Å². The number of amides is 2. The van der Waals surface area contributed by atoms with Crippen LogP contribution in [0.3, 0.4) is 0 Å². The van der Waals surface area contributed by atoms with Gasteiger partial charge in [0.15, 0.2) is 0 Å². The molecule has 1 fully saturated rings. The normalized spacial score (nSPS) is 17.4. The maximum atomic E-state index is 13.2. The van der Waals surface area contributed by atoms with Gasteiger partial charge in [-0.05, 0) is 29.8 Å². The van der Waals surface area contributed by atoms with Gasteiger partial charge >= 0.3 is 0 Å². The van der Waals surface area contributed by atoms with Crippen LogP contribution in [0.2, 0.25) is 5.02 Å².